The number of nitrogens with zero attached hydrogens (tertiary/aromatic N) is 2. The smallest absolute Gasteiger partial charge is 0.236 e. The molecular formula is C18H21N3OS. The molecule has 2 heterocycles. The fraction of sp³-hybridized carbons (Fsp3) is 0.333. The molecule has 0 aliphatic carbocycles. The van der Waals surface area contributed by atoms with E-state index in [1.807, 2.05) is 30.0 Å². The SMILES string of the molecule is C=CCN1CCC(Sc2nc(Cc3ccccc3)c(C)[nH]2)C1=O. The van der Waals surface area contributed by atoms with Crippen LogP contribution in [-0.4, -0.2) is 39.1 Å². The summed E-state index contributed by atoms with van der Waals surface area (Å²) in [4.78, 5) is 22.2. The molecule has 1 amide bonds. The predicted octanol–water partition coefficient (Wildman–Crippen LogP) is 3.19. The molecule has 1 N–H and O–H groups in total. The molecule has 1 fully saturated rings. The summed E-state index contributed by atoms with van der Waals surface area (Å²) in [6.45, 7) is 7.18. The second-order valence-corrected chi connectivity index (χ2v) is 6.94. The maximum Gasteiger partial charge on any atom is 0.236 e. The van der Waals surface area contributed by atoms with Gasteiger partial charge in [-0.25, -0.2) is 4.98 Å². The highest BCUT2D eigenvalue weighted by atomic mass is 32.2. The number of aromatic amines is 1. The summed E-state index contributed by atoms with van der Waals surface area (Å²) in [6, 6.07) is 10.3. The zero-order valence-electron chi connectivity index (χ0n) is 13.3. The van der Waals surface area contributed by atoms with E-state index in [0.29, 0.717) is 6.54 Å². The van der Waals surface area contributed by atoms with E-state index in [0.717, 1.165) is 35.9 Å². The minimum Gasteiger partial charge on any atom is -0.338 e. The van der Waals surface area contributed by atoms with Crippen molar-refractivity contribution in [2.75, 3.05) is 13.1 Å². The van der Waals surface area contributed by atoms with Crippen molar-refractivity contribution in [2.45, 2.75) is 30.2 Å². The van der Waals surface area contributed by atoms with Gasteiger partial charge in [-0.05, 0) is 18.9 Å². The standard InChI is InChI=1S/C18H21N3OS/c1-3-10-21-11-9-16(17(21)22)23-18-19-13(2)15(20-18)12-14-7-5-4-6-8-14/h3-8,16H,1,9-12H2,2H3,(H,19,20). The first-order valence-electron chi connectivity index (χ1n) is 7.83. The molecule has 1 aromatic carbocycles. The molecular weight excluding hydrogens is 306 g/mol. The number of nitrogens with one attached hydrogen (secondary N) is 1. The third kappa shape index (κ3) is 3.67. The highest BCUT2D eigenvalue weighted by Gasteiger charge is 2.32. The number of thioether (sulfide) groups is 1. The van der Waals surface area contributed by atoms with Crippen LogP contribution in [0.25, 0.3) is 0 Å². The minimum atomic E-state index is -0.0370. The second-order valence-electron chi connectivity index (χ2n) is 5.74. The van der Waals surface area contributed by atoms with Gasteiger partial charge in [0.05, 0.1) is 10.9 Å². The molecule has 1 saturated heterocycles. The van der Waals surface area contributed by atoms with Crippen molar-refractivity contribution in [2.24, 2.45) is 0 Å². The van der Waals surface area contributed by atoms with Crippen LogP contribution in [0, 0.1) is 6.92 Å². The average Bonchev–Trinajstić information content (AvgIpc) is 3.06. The van der Waals surface area contributed by atoms with E-state index in [4.69, 9.17) is 4.98 Å². The summed E-state index contributed by atoms with van der Waals surface area (Å²) in [5, 5.41) is 0.803. The van der Waals surface area contributed by atoms with Gasteiger partial charge in [-0.2, -0.15) is 0 Å². The number of carbonyl (C=O) groups is 1. The summed E-state index contributed by atoms with van der Waals surface area (Å²) in [6.07, 6.45) is 3.45. The Morgan fingerprint density at radius 2 is 2.22 bits per heavy atom. The normalized spacial score (nSPS) is 17.7. The van der Waals surface area contributed by atoms with E-state index in [1.165, 1.54) is 5.56 Å². The lowest BCUT2D eigenvalue weighted by atomic mass is 10.1. The third-order valence-corrected chi connectivity index (χ3v) is 5.17. The molecule has 0 radical (unpaired) electrons. The van der Waals surface area contributed by atoms with Crippen LogP contribution in [0.15, 0.2) is 48.1 Å². The van der Waals surface area contributed by atoms with E-state index in [1.54, 1.807) is 17.8 Å². The molecule has 1 unspecified atom stereocenters. The van der Waals surface area contributed by atoms with Crippen molar-refractivity contribution in [3.05, 3.63) is 59.9 Å². The fourth-order valence-electron chi connectivity index (χ4n) is 2.78. The van der Waals surface area contributed by atoms with E-state index < -0.39 is 0 Å². The van der Waals surface area contributed by atoms with Crippen molar-refractivity contribution in [1.82, 2.24) is 14.9 Å². The van der Waals surface area contributed by atoms with Crippen LogP contribution in [0.4, 0.5) is 0 Å². The molecule has 23 heavy (non-hydrogen) atoms. The predicted molar refractivity (Wildman–Crippen MR) is 93.6 cm³/mol. The average molecular weight is 327 g/mol. The Balaban J connectivity index is 1.67. The summed E-state index contributed by atoms with van der Waals surface area (Å²) in [7, 11) is 0. The summed E-state index contributed by atoms with van der Waals surface area (Å²) < 4.78 is 0. The number of benzene rings is 1. The van der Waals surface area contributed by atoms with Crippen LogP contribution >= 0.6 is 11.8 Å². The van der Waals surface area contributed by atoms with E-state index in [2.05, 4.69) is 23.7 Å². The Morgan fingerprint density at radius 3 is 2.96 bits per heavy atom. The zero-order chi connectivity index (χ0) is 16.2. The molecule has 0 bridgehead atoms. The molecule has 120 valence electrons. The van der Waals surface area contributed by atoms with Gasteiger partial charge >= 0.3 is 0 Å². The molecule has 4 nitrogen and oxygen atoms in total. The zero-order valence-corrected chi connectivity index (χ0v) is 14.1. The molecule has 5 heteroatoms. The number of imidazole rings is 1. The van der Waals surface area contributed by atoms with Crippen LogP contribution in [-0.2, 0) is 11.2 Å². The molecule has 3 rings (SSSR count). The Labute approximate surface area is 141 Å². The van der Waals surface area contributed by atoms with Gasteiger partial charge in [0.15, 0.2) is 5.16 Å². The minimum absolute atomic E-state index is 0.0370. The number of aryl methyl sites for hydroxylation is 1. The number of rotatable bonds is 6. The lowest BCUT2D eigenvalue weighted by molar-refractivity contribution is -0.126. The third-order valence-electron chi connectivity index (χ3n) is 4.03. The maximum atomic E-state index is 12.3. The highest BCUT2D eigenvalue weighted by Crippen LogP contribution is 2.30. The number of amides is 1. The van der Waals surface area contributed by atoms with Crippen LogP contribution < -0.4 is 0 Å². The van der Waals surface area contributed by atoms with Gasteiger partial charge in [0.25, 0.3) is 0 Å². The van der Waals surface area contributed by atoms with Crippen molar-refractivity contribution >= 4 is 17.7 Å². The Hall–Kier alpha value is -2.01. The maximum absolute atomic E-state index is 12.3. The van der Waals surface area contributed by atoms with Gasteiger partial charge in [0.1, 0.15) is 0 Å². The number of H-pyrrole nitrogens is 1. The van der Waals surface area contributed by atoms with Gasteiger partial charge in [-0.15, -0.1) is 6.58 Å². The van der Waals surface area contributed by atoms with Gasteiger partial charge in [0, 0.05) is 25.2 Å². The summed E-state index contributed by atoms with van der Waals surface area (Å²) in [5.74, 6) is 0.188. The monoisotopic (exact) mass is 327 g/mol. The summed E-state index contributed by atoms with van der Waals surface area (Å²) in [5.41, 5.74) is 3.37. The van der Waals surface area contributed by atoms with Crippen molar-refractivity contribution in [3.8, 4) is 0 Å². The molecule has 0 spiro atoms. The lowest BCUT2D eigenvalue weighted by Crippen LogP contribution is -2.28. The van der Waals surface area contributed by atoms with Crippen LogP contribution in [0.1, 0.15) is 23.4 Å². The van der Waals surface area contributed by atoms with Gasteiger partial charge < -0.3 is 9.88 Å². The Kier molecular flexibility index (Phi) is 4.86. The quantitative estimate of drug-likeness (QED) is 0.829. The van der Waals surface area contributed by atoms with Crippen molar-refractivity contribution < 1.29 is 4.79 Å². The molecule has 1 atom stereocenters. The largest absolute Gasteiger partial charge is 0.338 e. The second kappa shape index (κ2) is 7.04. The van der Waals surface area contributed by atoms with Crippen LogP contribution in [0.2, 0.25) is 0 Å². The first kappa shape index (κ1) is 15.9. The van der Waals surface area contributed by atoms with Gasteiger partial charge in [-0.1, -0.05) is 48.2 Å². The first-order chi connectivity index (χ1) is 11.2. The molecule has 0 saturated carbocycles. The van der Waals surface area contributed by atoms with Crippen molar-refractivity contribution in [1.29, 1.82) is 0 Å². The summed E-state index contributed by atoms with van der Waals surface area (Å²) >= 11 is 1.54. The molecule has 1 aliphatic rings. The molecule has 1 aliphatic heterocycles. The Morgan fingerprint density at radius 1 is 1.43 bits per heavy atom. The van der Waals surface area contributed by atoms with Crippen LogP contribution in [0.5, 0.6) is 0 Å². The topological polar surface area (TPSA) is 49.0 Å². The van der Waals surface area contributed by atoms with E-state index in [9.17, 15) is 4.79 Å². The molecule has 2 aromatic rings. The Bertz CT molecular complexity index is 696. The fourth-order valence-corrected chi connectivity index (χ4v) is 3.89. The number of hydrogen-bond acceptors (Lipinski definition) is 3. The van der Waals surface area contributed by atoms with Gasteiger partial charge in [-0.3, -0.25) is 4.79 Å². The lowest BCUT2D eigenvalue weighted by Gasteiger charge is -2.13. The molecule has 1 aromatic heterocycles. The van der Waals surface area contributed by atoms with Gasteiger partial charge in [0.2, 0.25) is 5.91 Å². The van der Waals surface area contributed by atoms with Crippen molar-refractivity contribution in [3.63, 3.8) is 0 Å². The van der Waals surface area contributed by atoms with E-state index in [-0.39, 0.29) is 11.2 Å². The first-order valence-corrected chi connectivity index (χ1v) is 8.71. The number of hydrogen-bond donors (Lipinski definition) is 1. The number of carbonyl (C=O) groups excluding carboxylic acids is 1. The number of aromatic nitrogens is 2. The number of likely N-dealkylation sites (tertiary alicyclic amines) is 1. The highest BCUT2D eigenvalue weighted by molar-refractivity contribution is 8.00. The van der Waals surface area contributed by atoms with E-state index >= 15 is 0 Å². The van der Waals surface area contributed by atoms with Crippen LogP contribution in [0.3, 0.4) is 0 Å².